The van der Waals surface area contributed by atoms with Crippen LogP contribution in [0.25, 0.3) is 5.57 Å². The van der Waals surface area contributed by atoms with Crippen LogP contribution in [0.2, 0.25) is 0 Å². The average molecular weight is 346 g/mol. The molecular formula is C15H17Cl2NO4. The van der Waals surface area contributed by atoms with Crippen LogP contribution in [0.5, 0.6) is 0 Å². The summed E-state index contributed by atoms with van der Waals surface area (Å²) >= 11 is 11.4. The summed E-state index contributed by atoms with van der Waals surface area (Å²) in [6.45, 7) is 5.31. The fraction of sp³-hybridized carbons (Fsp3) is 0.333. The molecule has 0 radical (unpaired) electrons. The smallest absolute Gasteiger partial charge is 0.412 e. The van der Waals surface area contributed by atoms with Gasteiger partial charge in [-0.15, -0.1) is 0 Å². The molecule has 120 valence electrons. The maximum atomic E-state index is 11.7. The van der Waals surface area contributed by atoms with E-state index in [1.54, 1.807) is 45.0 Å². The first-order valence-corrected chi connectivity index (χ1v) is 7.13. The molecule has 0 aliphatic rings. The highest BCUT2D eigenvalue weighted by Crippen LogP contribution is 2.26. The van der Waals surface area contributed by atoms with Gasteiger partial charge in [0.15, 0.2) is 0 Å². The Labute approximate surface area is 139 Å². The van der Waals surface area contributed by atoms with E-state index in [2.05, 4.69) is 10.1 Å². The predicted molar refractivity (Wildman–Crippen MR) is 86.9 cm³/mol. The van der Waals surface area contributed by atoms with Gasteiger partial charge in [-0.25, -0.2) is 9.59 Å². The minimum atomic E-state index is -0.646. The van der Waals surface area contributed by atoms with E-state index in [1.807, 2.05) is 0 Å². The molecule has 0 aliphatic heterocycles. The van der Waals surface area contributed by atoms with E-state index in [0.29, 0.717) is 11.3 Å². The van der Waals surface area contributed by atoms with Gasteiger partial charge in [0.1, 0.15) is 10.1 Å². The molecule has 1 rings (SSSR count). The van der Waals surface area contributed by atoms with Crippen molar-refractivity contribution >= 4 is 46.5 Å². The Morgan fingerprint density at radius 3 is 2.05 bits per heavy atom. The second-order valence-electron chi connectivity index (χ2n) is 5.33. The molecule has 0 heterocycles. The Bertz CT molecular complexity index is 585. The lowest BCUT2D eigenvalue weighted by molar-refractivity contribution is -0.133. The van der Waals surface area contributed by atoms with Gasteiger partial charge in [0, 0.05) is 5.69 Å². The summed E-state index contributed by atoms with van der Waals surface area (Å²) in [5, 5.41) is 2.58. The molecule has 1 N–H and O–H groups in total. The van der Waals surface area contributed by atoms with Gasteiger partial charge < -0.3 is 9.47 Å². The third-order valence-corrected chi connectivity index (χ3v) is 2.78. The molecule has 0 aromatic heterocycles. The van der Waals surface area contributed by atoms with Crippen molar-refractivity contribution in [3.63, 3.8) is 0 Å². The third-order valence-electron chi connectivity index (χ3n) is 2.40. The minimum absolute atomic E-state index is 0.0506. The highest BCUT2D eigenvalue weighted by atomic mass is 35.5. The summed E-state index contributed by atoms with van der Waals surface area (Å²) in [4.78, 5) is 23.3. The number of anilines is 1. The molecule has 1 aromatic carbocycles. The SMILES string of the molecule is COC(=O)C(=C(Cl)Cl)c1ccc(NC(=O)OC(C)(C)C)cc1. The van der Waals surface area contributed by atoms with Crippen LogP contribution >= 0.6 is 23.2 Å². The Hall–Kier alpha value is -1.72. The van der Waals surface area contributed by atoms with Gasteiger partial charge in [-0.05, 0) is 38.5 Å². The molecule has 0 unspecified atom stereocenters. The Balaban J connectivity index is 2.89. The van der Waals surface area contributed by atoms with E-state index in [-0.39, 0.29) is 10.1 Å². The van der Waals surface area contributed by atoms with Crippen LogP contribution < -0.4 is 5.32 Å². The Kier molecular flexibility index (Phi) is 6.26. The number of methoxy groups -OCH3 is 1. The summed E-state index contributed by atoms with van der Waals surface area (Å²) in [6, 6.07) is 6.37. The van der Waals surface area contributed by atoms with Crippen molar-refractivity contribution in [2.75, 3.05) is 12.4 Å². The summed E-state index contributed by atoms with van der Waals surface area (Å²) in [7, 11) is 1.23. The normalized spacial score (nSPS) is 10.6. The summed E-state index contributed by atoms with van der Waals surface area (Å²) < 4.78 is 9.57. The lowest BCUT2D eigenvalue weighted by atomic mass is 10.1. The molecule has 0 bridgehead atoms. The number of hydrogen-bond acceptors (Lipinski definition) is 4. The predicted octanol–water partition coefficient (Wildman–Crippen LogP) is 4.35. The first-order chi connectivity index (χ1) is 10.1. The van der Waals surface area contributed by atoms with Crippen LogP contribution in [-0.4, -0.2) is 24.8 Å². The highest BCUT2D eigenvalue weighted by Gasteiger charge is 2.18. The largest absolute Gasteiger partial charge is 0.465 e. The van der Waals surface area contributed by atoms with Crippen molar-refractivity contribution in [1.29, 1.82) is 0 Å². The Morgan fingerprint density at radius 2 is 1.64 bits per heavy atom. The van der Waals surface area contributed by atoms with Crippen molar-refractivity contribution < 1.29 is 19.1 Å². The summed E-state index contributed by atoms with van der Waals surface area (Å²) in [5.41, 5.74) is 0.445. The molecular weight excluding hydrogens is 329 g/mol. The van der Waals surface area contributed by atoms with Gasteiger partial charge in [0.2, 0.25) is 0 Å². The number of esters is 1. The molecule has 0 saturated carbocycles. The van der Waals surface area contributed by atoms with Crippen LogP contribution in [0, 0.1) is 0 Å². The molecule has 5 nitrogen and oxygen atoms in total. The number of amides is 1. The van der Waals surface area contributed by atoms with E-state index in [4.69, 9.17) is 27.9 Å². The van der Waals surface area contributed by atoms with Crippen molar-refractivity contribution in [2.45, 2.75) is 26.4 Å². The molecule has 22 heavy (non-hydrogen) atoms. The second-order valence-corrected chi connectivity index (χ2v) is 6.28. The van der Waals surface area contributed by atoms with Gasteiger partial charge in [0.05, 0.1) is 12.7 Å². The monoisotopic (exact) mass is 345 g/mol. The number of carbonyl (C=O) groups excluding carboxylic acids is 2. The first kappa shape index (κ1) is 18.3. The molecule has 0 aliphatic carbocycles. The lowest BCUT2D eigenvalue weighted by Gasteiger charge is -2.19. The number of rotatable bonds is 3. The van der Waals surface area contributed by atoms with E-state index < -0.39 is 17.7 Å². The van der Waals surface area contributed by atoms with Crippen molar-refractivity contribution in [3.05, 3.63) is 34.3 Å². The van der Waals surface area contributed by atoms with Gasteiger partial charge in [0.25, 0.3) is 0 Å². The van der Waals surface area contributed by atoms with Crippen LogP contribution in [0.15, 0.2) is 28.8 Å². The fourth-order valence-electron chi connectivity index (χ4n) is 1.55. The lowest BCUT2D eigenvalue weighted by Crippen LogP contribution is -2.27. The molecule has 1 aromatic rings. The number of benzene rings is 1. The number of nitrogens with one attached hydrogen (secondary N) is 1. The summed E-state index contributed by atoms with van der Waals surface area (Å²) in [5.74, 6) is -0.646. The maximum Gasteiger partial charge on any atom is 0.412 e. The molecule has 0 spiro atoms. The summed E-state index contributed by atoms with van der Waals surface area (Å²) in [6.07, 6.45) is -0.570. The van der Waals surface area contributed by atoms with Crippen LogP contribution in [0.4, 0.5) is 10.5 Å². The van der Waals surface area contributed by atoms with E-state index in [0.717, 1.165) is 0 Å². The van der Waals surface area contributed by atoms with Gasteiger partial charge in [-0.1, -0.05) is 35.3 Å². The number of ether oxygens (including phenoxy) is 2. The zero-order chi connectivity index (χ0) is 16.9. The number of hydrogen-bond donors (Lipinski definition) is 1. The molecule has 0 saturated heterocycles. The molecule has 1 amide bonds. The maximum absolute atomic E-state index is 11.7. The van der Waals surface area contributed by atoms with Crippen molar-refractivity contribution in [1.82, 2.24) is 0 Å². The van der Waals surface area contributed by atoms with Gasteiger partial charge >= 0.3 is 12.1 Å². The second kappa shape index (κ2) is 7.51. The average Bonchev–Trinajstić information content (AvgIpc) is 2.38. The first-order valence-electron chi connectivity index (χ1n) is 6.38. The van der Waals surface area contributed by atoms with Crippen LogP contribution in [0.3, 0.4) is 0 Å². The quantitative estimate of drug-likeness (QED) is 0.653. The molecule has 7 heteroatoms. The van der Waals surface area contributed by atoms with E-state index in [9.17, 15) is 9.59 Å². The molecule has 0 atom stereocenters. The minimum Gasteiger partial charge on any atom is -0.465 e. The molecule has 0 fully saturated rings. The van der Waals surface area contributed by atoms with Crippen LogP contribution in [-0.2, 0) is 14.3 Å². The van der Waals surface area contributed by atoms with Crippen molar-refractivity contribution in [2.24, 2.45) is 0 Å². The highest BCUT2D eigenvalue weighted by molar-refractivity contribution is 6.61. The zero-order valence-electron chi connectivity index (χ0n) is 12.7. The zero-order valence-corrected chi connectivity index (χ0v) is 14.2. The van der Waals surface area contributed by atoms with E-state index in [1.165, 1.54) is 7.11 Å². The topological polar surface area (TPSA) is 64.6 Å². The third kappa shape index (κ3) is 5.58. The number of carbonyl (C=O) groups is 2. The van der Waals surface area contributed by atoms with Gasteiger partial charge in [-0.3, -0.25) is 5.32 Å². The standard InChI is InChI=1S/C15H17Cl2NO4/c1-15(2,3)22-14(20)18-10-7-5-9(6-8-10)11(12(16)17)13(19)21-4/h5-8H,1-4H3,(H,18,20). The number of halogens is 2. The van der Waals surface area contributed by atoms with E-state index >= 15 is 0 Å². The fourth-order valence-corrected chi connectivity index (χ4v) is 1.92. The van der Waals surface area contributed by atoms with Gasteiger partial charge in [-0.2, -0.15) is 0 Å². The van der Waals surface area contributed by atoms with Crippen molar-refractivity contribution in [3.8, 4) is 0 Å². The Morgan fingerprint density at radius 1 is 1.09 bits per heavy atom. The van der Waals surface area contributed by atoms with Crippen LogP contribution in [0.1, 0.15) is 26.3 Å².